The molecule has 1 atom stereocenters. The van der Waals surface area contributed by atoms with E-state index in [-0.39, 0.29) is 11.8 Å². The Bertz CT molecular complexity index is 693. The maximum absolute atomic E-state index is 14.0. The van der Waals surface area contributed by atoms with Gasteiger partial charge in [-0.2, -0.15) is 5.26 Å². The van der Waals surface area contributed by atoms with Crippen molar-refractivity contribution in [2.45, 2.75) is 13.0 Å². The Labute approximate surface area is 122 Å². The quantitative estimate of drug-likeness (QED) is 0.933. The van der Waals surface area contributed by atoms with Crippen molar-refractivity contribution in [2.24, 2.45) is 5.73 Å². The summed E-state index contributed by atoms with van der Waals surface area (Å²) < 4.78 is 24.7. The number of nitrogens with two attached hydrogens (primary N) is 1. The Morgan fingerprint density at radius 2 is 1.95 bits per heavy atom. The van der Waals surface area contributed by atoms with Gasteiger partial charge in [-0.05, 0) is 25.1 Å². The van der Waals surface area contributed by atoms with Gasteiger partial charge in [0.2, 0.25) is 0 Å². The number of benzene rings is 2. The molecular formula is C16H15FN2O2. The molecule has 2 rings (SSSR count). The maximum Gasteiger partial charge on any atom is 0.167 e. The van der Waals surface area contributed by atoms with Crippen molar-refractivity contribution in [2.75, 3.05) is 7.11 Å². The molecule has 0 aliphatic rings. The largest absolute Gasteiger partial charge is 0.497 e. The lowest BCUT2D eigenvalue weighted by atomic mass is 10.1. The summed E-state index contributed by atoms with van der Waals surface area (Å²) in [5, 5.41) is 8.99. The lowest BCUT2D eigenvalue weighted by Crippen LogP contribution is -2.07. The van der Waals surface area contributed by atoms with Crippen LogP contribution in [-0.2, 0) is 0 Å². The Hall–Kier alpha value is -2.58. The zero-order valence-corrected chi connectivity index (χ0v) is 11.8. The first-order chi connectivity index (χ1) is 10.0. The van der Waals surface area contributed by atoms with Crippen molar-refractivity contribution in [3.05, 3.63) is 53.3 Å². The molecule has 1 unspecified atom stereocenters. The minimum atomic E-state index is -0.508. The topological polar surface area (TPSA) is 68.3 Å². The average Bonchev–Trinajstić information content (AvgIpc) is 2.48. The molecule has 0 saturated carbocycles. The lowest BCUT2D eigenvalue weighted by molar-refractivity contribution is 0.403. The second-order valence-corrected chi connectivity index (χ2v) is 4.56. The number of halogens is 1. The second-order valence-electron chi connectivity index (χ2n) is 4.56. The van der Waals surface area contributed by atoms with Crippen LogP contribution < -0.4 is 15.2 Å². The lowest BCUT2D eigenvalue weighted by Gasteiger charge is -2.15. The van der Waals surface area contributed by atoms with E-state index in [0.717, 1.165) is 0 Å². The van der Waals surface area contributed by atoms with Gasteiger partial charge in [0.05, 0.1) is 18.7 Å². The Balaban J connectivity index is 2.45. The molecule has 0 aromatic heterocycles. The van der Waals surface area contributed by atoms with Crippen LogP contribution in [0.3, 0.4) is 0 Å². The third-order valence-electron chi connectivity index (χ3n) is 2.95. The van der Waals surface area contributed by atoms with Crippen LogP contribution in [0.1, 0.15) is 24.1 Å². The molecule has 2 aromatic carbocycles. The van der Waals surface area contributed by atoms with Crippen molar-refractivity contribution in [3.8, 4) is 23.3 Å². The van der Waals surface area contributed by atoms with E-state index in [1.54, 1.807) is 31.2 Å². The Kier molecular flexibility index (Phi) is 4.41. The van der Waals surface area contributed by atoms with Crippen molar-refractivity contribution in [1.29, 1.82) is 5.26 Å². The Morgan fingerprint density at radius 3 is 2.57 bits per heavy atom. The minimum Gasteiger partial charge on any atom is -0.497 e. The van der Waals surface area contributed by atoms with Gasteiger partial charge in [0, 0.05) is 17.7 Å². The molecule has 0 saturated heterocycles. The van der Waals surface area contributed by atoms with Crippen LogP contribution in [-0.4, -0.2) is 7.11 Å². The van der Waals surface area contributed by atoms with E-state index < -0.39 is 5.82 Å². The van der Waals surface area contributed by atoms with E-state index in [9.17, 15) is 4.39 Å². The maximum atomic E-state index is 14.0. The fraction of sp³-hybridized carbons (Fsp3) is 0.188. The van der Waals surface area contributed by atoms with Crippen molar-refractivity contribution in [1.82, 2.24) is 0 Å². The molecule has 0 heterocycles. The first-order valence-corrected chi connectivity index (χ1v) is 6.36. The third kappa shape index (κ3) is 3.30. The van der Waals surface area contributed by atoms with Crippen LogP contribution in [0.15, 0.2) is 36.4 Å². The van der Waals surface area contributed by atoms with Crippen LogP contribution in [0.5, 0.6) is 17.2 Å². The fourth-order valence-electron chi connectivity index (χ4n) is 1.92. The van der Waals surface area contributed by atoms with Crippen LogP contribution in [0.25, 0.3) is 0 Å². The number of rotatable bonds is 4. The number of ether oxygens (including phenoxy) is 2. The highest BCUT2D eigenvalue weighted by Crippen LogP contribution is 2.33. The number of para-hydroxylation sites is 1. The summed E-state index contributed by atoms with van der Waals surface area (Å²) in [4.78, 5) is 0. The molecule has 0 spiro atoms. The molecule has 2 N–H and O–H groups in total. The normalized spacial score (nSPS) is 11.6. The number of methoxy groups -OCH3 is 1. The van der Waals surface area contributed by atoms with E-state index in [4.69, 9.17) is 20.5 Å². The minimum absolute atomic E-state index is 0.0599. The molecule has 0 fully saturated rings. The molecule has 5 heteroatoms. The van der Waals surface area contributed by atoms with Crippen LogP contribution in [0.4, 0.5) is 4.39 Å². The number of hydrogen-bond acceptors (Lipinski definition) is 4. The molecule has 21 heavy (non-hydrogen) atoms. The van der Waals surface area contributed by atoms with Gasteiger partial charge in [-0.15, -0.1) is 0 Å². The molecule has 0 amide bonds. The van der Waals surface area contributed by atoms with Gasteiger partial charge in [0.25, 0.3) is 0 Å². The van der Waals surface area contributed by atoms with Gasteiger partial charge in [0.15, 0.2) is 11.6 Å². The highest BCUT2D eigenvalue weighted by molar-refractivity contribution is 5.47. The molecule has 108 valence electrons. The smallest absolute Gasteiger partial charge is 0.167 e. The first-order valence-electron chi connectivity index (χ1n) is 6.36. The number of nitriles is 1. The number of nitrogens with zero attached hydrogens (tertiary/aromatic N) is 1. The summed E-state index contributed by atoms with van der Waals surface area (Å²) in [6.07, 6.45) is 0. The predicted molar refractivity (Wildman–Crippen MR) is 76.8 cm³/mol. The van der Waals surface area contributed by atoms with E-state index in [2.05, 4.69) is 0 Å². The molecule has 4 nitrogen and oxygen atoms in total. The van der Waals surface area contributed by atoms with E-state index in [1.165, 1.54) is 19.2 Å². The summed E-state index contributed by atoms with van der Waals surface area (Å²) in [5.74, 6) is 0.330. The van der Waals surface area contributed by atoms with Gasteiger partial charge in [-0.3, -0.25) is 0 Å². The van der Waals surface area contributed by atoms with Gasteiger partial charge in [0.1, 0.15) is 11.5 Å². The predicted octanol–water partition coefficient (Wildman–Crippen LogP) is 3.52. The third-order valence-corrected chi connectivity index (χ3v) is 2.95. The first kappa shape index (κ1) is 14.8. The fourth-order valence-corrected chi connectivity index (χ4v) is 1.92. The van der Waals surface area contributed by atoms with E-state index in [1.807, 2.05) is 6.07 Å². The van der Waals surface area contributed by atoms with Gasteiger partial charge in [-0.25, -0.2) is 4.39 Å². The highest BCUT2D eigenvalue weighted by Gasteiger charge is 2.14. The van der Waals surface area contributed by atoms with Crippen molar-refractivity contribution in [3.63, 3.8) is 0 Å². The summed E-state index contributed by atoms with van der Waals surface area (Å²) in [6, 6.07) is 10.9. The second kappa shape index (κ2) is 6.25. The van der Waals surface area contributed by atoms with Gasteiger partial charge >= 0.3 is 0 Å². The summed E-state index contributed by atoms with van der Waals surface area (Å²) in [6.45, 7) is 1.74. The molecule has 0 aliphatic heterocycles. The average molecular weight is 286 g/mol. The molecule has 0 radical (unpaired) electrons. The number of hydrogen-bond donors (Lipinski definition) is 1. The zero-order valence-electron chi connectivity index (χ0n) is 11.8. The van der Waals surface area contributed by atoms with Crippen LogP contribution >= 0.6 is 0 Å². The van der Waals surface area contributed by atoms with E-state index >= 15 is 0 Å². The van der Waals surface area contributed by atoms with Crippen molar-refractivity contribution < 1.29 is 13.9 Å². The Morgan fingerprint density at radius 1 is 1.24 bits per heavy atom. The van der Waals surface area contributed by atoms with Crippen LogP contribution in [0, 0.1) is 17.1 Å². The van der Waals surface area contributed by atoms with Gasteiger partial charge < -0.3 is 15.2 Å². The monoisotopic (exact) mass is 286 g/mol. The molecule has 0 bridgehead atoms. The standard InChI is InChI=1S/C16H15FN2O2/c1-10(19)14-4-3-5-15(17)16(14)21-13-7-11(9-18)6-12(8-13)20-2/h3-8,10H,19H2,1-2H3. The van der Waals surface area contributed by atoms with Crippen LogP contribution in [0.2, 0.25) is 0 Å². The SMILES string of the molecule is COc1cc(C#N)cc(Oc2c(F)cccc2C(C)N)c1. The zero-order chi connectivity index (χ0) is 15.4. The summed E-state index contributed by atoms with van der Waals surface area (Å²) in [7, 11) is 1.48. The van der Waals surface area contributed by atoms with E-state index in [0.29, 0.717) is 22.6 Å². The van der Waals surface area contributed by atoms with Gasteiger partial charge in [-0.1, -0.05) is 12.1 Å². The molecule has 0 aliphatic carbocycles. The summed E-state index contributed by atoms with van der Waals surface area (Å²) in [5.41, 5.74) is 6.74. The molecule has 2 aromatic rings. The summed E-state index contributed by atoms with van der Waals surface area (Å²) >= 11 is 0. The highest BCUT2D eigenvalue weighted by atomic mass is 19.1. The molecular weight excluding hydrogens is 271 g/mol. The van der Waals surface area contributed by atoms with Crippen molar-refractivity contribution >= 4 is 0 Å².